The van der Waals surface area contributed by atoms with Crippen LogP contribution in [0, 0.1) is 0 Å². The maximum absolute atomic E-state index is 12.1. The first-order valence-corrected chi connectivity index (χ1v) is 6.48. The van der Waals surface area contributed by atoms with E-state index in [1.165, 1.54) is 0 Å². The highest BCUT2D eigenvalue weighted by molar-refractivity contribution is 6.04. The maximum atomic E-state index is 12.1. The molecule has 0 fully saturated rings. The van der Waals surface area contributed by atoms with Crippen LogP contribution in [0.3, 0.4) is 0 Å². The molecule has 20 heavy (non-hydrogen) atoms. The second kappa shape index (κ2) is 6.10. The van der Waals surface area contributed by atoms with E-state index in [-0.39, 0.29) is 12.0 Å². The summed E-state index contributed by atoms with van der Waals surface area (Å²) in [5.41, 5.74) is 7.53. The minimum absolute atomic E-state index is 0.0745. The van der Waals surface area contributed by atoms with E-state index in [0.29, 0.717) is 22.7 Å². The fourth-order valence-corrected chi connectivity index (χ4v) is 1.75. The molecule has 0 aliphatic carbocycles. The first-order valence-electron chi connectivity index (χ1n) is 6.48. The predicted molar refractivity (Wildman–Crippen MR) is 81.0 cm³/mol. The molecule has 4 heteroatoms. The molecule has 104 valence electrons. The highest BCUT2D eigenvalue weighted by Crippen LogP contribution is 2.17. The van der Waals surface area contributed by atoms with Crippen molar-refractivity contribution in [2.75, 3.05) is 11.1 Å². The van der Waals surface area contributed by atoms with Crippen molar-refractivity contribution in [3.05, 3.63) is 54.1 Å². The summed E-state index contributed by atoms with van der Waals surface area (Å²) in [6.07, 6.45) is 0.0745. The van der Waals surface area contributed by atoms with Gasteiger partial charge in [0.1, 0.15) is 5.75 Å². The van der Waals surface area contributed by atoms with Crippen LogP contribution in [0.4, 0.5) is 11.4 Å². The average molecular weight is 270 g/mol. The molecular formula is C16H18N2O2. The van der Waals surface area contributed by atoms with Crippen LogP contribution in [0.25, 0.3) is 0 Å². The van der Waals surface area contributed by atoms with Gasteiger partial charge in [-0.3, -0.25) is 4.79 Å². The molecule has 2 rings (SSSR count). The number of hydrogen-bond acceptors (Lipinski definition) is 3. The van der Waals surface area contributed by atoms with Crippen molar-refractivity contribution in [1.29, 1.82) is 0 Å². The van der Waals surface area contributed by atoms with Crippen molar-refractivity contribution >= 4 is 17.3 Å². The van der Waals surface area contributed by atoms with Gasteiger partial charge in [0, 0.05) is 16.9 Å². The minimum atomic E-state index is -0.177. The molecule has 0 unspecified atom stereocenters. The monoisotopic (exact) mass is 270 g/mol. The van der Waals surface area contributed by atoms with Crippen molar-refractivity contribution in [2.24, 2.45) is 0 Å². The van der Waals surface area contributed by atoms with Gasteiger partial charge in [0.2, 0.25) is 0 Å². The van der Waals surface area contributed by atoms with Crippen molar-refractivity contribution in [3.8, 4) is 5.75 Å². The Balaban J connectivity index is 2.10. The average Bonchev–Trinajstić information content (AvgIpc) is 2.41. The second-order valence-electron chi connectivity index (χ2n) is 4.77. The van der Waals surface area contributed by atoms with E-state index in [9.17, 15) is 4.79 Å². The first kappa shape index (κ1) is 13.9. The molecule has 0 aliphatic rings. The van der Waals surface area contributed by atoms with Crippen LogP contribution < -0.4 is 15.8 Å². The number of hydrogen-bond donors (Lipinski definition) is 2. The molecule has 0 aliphatic heterocycles. The third kappa shape index (κ3) is 3.75. The molecule has 0 spiro atoms. The topological polar surface area (TPSA) is 64.3 Å². The van der Waals surface area contributed by atoms with Crippen molar-refractivity contribution in [3.63, 3.8) is 0 Å². The number of anilines is 2. The highest BCUT2D eigenvalue weighted by Gasteiger charge is 2.08. The van der Waals surface area contributed by atoms with Crippen LogP contribution in [0.15, 0.2) is 48.5 Å². The Labute approximate surface area is 118 Å². The first-order chi connectivity index (χ1) is 9.54. The number of carbonyl (C=O) groups is 1. The largest absolute Gasteiger partial charge is 0.491 e. The normalized spacial score (nSPS) is 10.3. The molecule has 1 amide bonds. The number of nitrogens with one attached hydrogen (secondary N) is 1. The third-order valence-electron chi connectivity index (χ3n) is 2.64. The molecule has 0 saturated heterocycles. The zero-order chi connectivity index (χ0) is 14.5. The number of amides is 1. The minimum Gasteiger partial charge on any atom is -0.491 e. The predicted octanol–water partition coefficient (Wildman–Crippen LogP) is 3.31. The summed E-state index contributed by atoms with van der Waals surface area (Å²) >= 11 is 0. The Morgan fingerprint density at radius 2 is 1.85 bits per heavy atom. The molecular weight excluding hydrogens is 252 g/mol. The molecule has 0 atom stereocenters. The summed E-state index contributed by atoms with van der Waals surface area (Å²) in [6.45, 7) is 3.89. The zero-order valence-corrected chi connectivity index (χ0v) is 11.6. The Hall–Kier alpha value is -2.49. The van der Waals surface area contributed by atoms with Gasteiger partial charge < -0.3 is 15.8 Å². The lowest BCUT2D eigenvalue weighted by Crippen LogP contribution is -2.12. The van der Waals surface area contributed by atoms with Gasteiger partial charge in [0.25, 0.3) is 5.91 Å². The molecule has 0 saturated carbocycles. The van der Waals surface area contributed by atoms with Gasteiger partial charge in [-0.1, -0.05) is 6.07 Å². The lowest BCUT2D eigenvalue weighted by molar-refractivity contribution is 0.102. The van der Waals surface area contributed by atoms with E-state index in [1.807, 2.05) is 19.9 Å². The molecule has 4 nitrogen and oxygen atoms in total. The van der Waals surface area contributed by atoms with E-state index in [2.05, 4.69) is 5.32 Å². The summed E-state index contributed by atoms with van der Waals surface area (Å²) < 4.78 is 5.57. The fraction of sp³-hybridized carbons (Fsp3) is 0.188. The molecule has 2 aromatic rings. The molecule has 3 N–H and O–H groups in total. The smallest absolute Gasteiger partial charge is 0.255 e. The molecule has 2 aromatic carbocycles. The summed E-state index contributed by atoms with van der Waals surface area (Å²) in [5, 5.41) is 2.82. The number of carbonyl (C=O) groups excluding carboxylic acids is 1. The van der Waals surface area contributed by atoms with E-state index in [0.717, 1.165) is 0 Å². The van der Waals surface area contributed by atoms with Gasteiger partial charge in [-0.2, -0.15) is 0 Å². The van der Waals surface area contributed by atoms with E-state index >= 15 is 0 Å². The van der Waals surface area contributed by atoms with Crippen LogP contribution in [0.2, 0.25) is 0 Å². The van der Waals surface area contributed by atoms with Crippen LogP contribution >= 0.6 is 0 Å². The third-order valence-corrected chi connectivity index (χ3v) is 2.64. The maximum Gasteiger partial charge on any atom is 0.255 e. The van der Waals surface area contributed by atoms with E-state index in [4.69, 9.17) is 10.5 Å². The van der Waals surface area contributed by atoms with Gasteiger partial charge in [-0.15, -0.1) is 0 Å². The second-order valence-corrected chi connectivity index (χ2v) is 4.77. The van der Waals surface area contributed by atoms with E-state index in [1.54, 1.807) is 42.5 Å². The lowest BCUT2D eigenvalue weighted by atomic mass is 10.2. The molecule has 0 radical (unpaired) electrons. The Morgan fingerprint density at radius 1 is 1.15 bits per heavy atom. The fourth-order valence-electron chi connectivity index (χ4n) is 1.75. The summed E-state index contributed by atoms with van der Waals surface area (Å²) in [4.78, 5) is 12.1. The van der Waals surface area contributed by atoms with Gasteiger partial charge in [-0.05, 0) is 56.3 Å². The van der Waals surface area contributed by atoms with Crippen LogP contribution in [0.1, 0.15) is 24.2 Å². The quantitative estimate of drug-likeness (QED) is 0.838. The Bertz CT molecular complexity index is 592. The van der Waals surface area contributed by atoms with Crippen LogP contribution in [-0.4, -0.2) is 12.0 Å². The van der Waals surface area contributed by atoms with Gasteiger partial charge in [0.05, 0.1) is 6.10 Å². The standard InChI is InChI=1S/C16H18N2O2/c1-11(2)20-15-5-3-4-12(10-15)16(19)18-14-8-6-13(17)7-9-14/h3-11H,17H2,1-2H3,(H,18,19). The number of rotatable bonds is 4. The molecule has 0 bridgehead atoms. The van der Waals surface area contributed by atoms with Crippen molar-refractivity contribution in [2.45, 2.75) is 20.0 Å². The Morgan fingerprint density at radius 3 is 2.50 bits per heavy atom. The van der Waals surface area contributed by atoms with Gasteiger partial charge >= 0.3 is 0 Å². The number of nitrogen functional groups attached to an aromatic ring is 1. The Kier molecular flexibility index (Phi) is 4.25. The molecule has 0 heterocycles. The summed E-state index contributed by atoms with van der Waals surface area (Å²) in [5.74, 6) is 0.508. The van der Waals surface area contributed by atoms with Crippen molar-refractivity contribution < 1.29 is 9.53 Å². The van der Waals surface area contributed by atoms with Crippen LogP contribution in [-0.2, 0) is 0 Å². The van der Waals surface area contributed by atoms with Crippen molar-refractivity contribution in [1.82, 2.24) is 0 Å². The summed E-state index contributed by atoms with van der Waals surface area (Å²) in [7, 11) is 0. The highest BCUT2D eigenvalue weighted by atomic mass is 16.5. The van der Waals surface area contributed by atoms with E-state index < -0.39 is 0 Å². The SMILES string of the molecule is CC(C)Oc1cccc(C(=O)Nc2ccc(N)cc2)c1. The summed E-state index contributed by atoms with van der Waals surface area (Å²) in [6, 6.07) is 14.1. The van der Waals surface area contributed by atoms with Crippen LogP contribution in [0.5, 0.6) is 5.75 Å². The number of ether oxygens (including phenoxy) is 1. The molecule has 0 aromatic heterocycles. The lowest BCUT2D eigenvalue weighted by Gasteiger charge is -2.11. The zero-order valence-electron chi connectivity index (χ0n) is 11.6. The number of benzene rings is 2. The van der Waals surface area contributed by atoms with Gasteiger partial charge in [0.15, 0.2) is 0 Å². The van der Waals surface area contributed by atoms with Gasteiger partial charge in [-0.25, -0.2) is 0 Å². The number of nitrogens with two attached hydrogens (primary N) is 1.